The van der Waals surface area contributed by atoms with E-state index >= 15 is 0 Å². The van der Waals surface area contributed by atoms with E-state index in [-0.39, 0.29) is 0 Å². The van der Waals surface area contributed by atoms with Crippen LogP contribution in [0.25, 0.3) is 0 Å². The summed E-state index contributed by atoms with van der Waals surface area (Å²) in [6.07, 6.45) is 5.12. The summed E-state index contributed by atoms with van der Waals surface area (Å²) >= 11 is 0. The van der Waals surface area contributed by atoms with Crippen LogP contribution in [0.15, 0.2) is 42.7 Å². The molecule has 2 aromatic heterocycles. The fourth-order valence-corrected chi connectivity index (χ4v) is 2.10. The lowest BCUT2D eigenvalue weighted by Crippen LogP contribution is -2.22. The highest BCUT2D eigenvalue weighted by Gasteiger charge is 2.09. The number of hydrogen-bond donors (Lipinski definition) is 1. The summed E-state index contributed by atoms with van der Waals surface area (Å²) in [5.41, 5.74) is 2.41. The maximum absolute atomic E-state index is 4.37. The molecule has 2 heterocycles. The molecule has 2 rings (SSSR count). The number of rotatable bonds is 6. The molecule has 0 aliphatic carbocycles. The van der Waals surface area contributed by atoms with Crippen molar-refractivity contribution in [2.24, 2.45) is 0 Å². The Balaban J connectivity index is 2.08. The van der Waals surface area contributed by atoms with E-state index in [2.05, 4.69) is 53.1 Å². The van der Waals surface area contributed by atoms with Crippen LogP contribution in [0, 0.1) is 0 Å². The lowest BCUT2D eigenvalue weighted by atomic mass is 10.2. The molecule has 0 bridgehead atoms. The molecule has 0 spiro atoms. The molecule has 0 saturated heterocycles. The first-order chi connectivity index (χ1) is 8.81. The van der Waals surface area contributed by atoms with Gasteiger partial charge in [-0.05, 0) is 44.2 Å². The molecule has 3 heteroatoms. The lowest BCUT2D eigenvalue weighted by Gasteiger charge is -2.16. The van der Waals surface area contributed by atoms with Crippen LogP contribution in [-0.2, 0) is 6.54 Å². The zero-order valence-corrected chi connectivity index (χ0v) is 11.1. The quantitative estimate of drug-likeness (QED) is 0.845. The van der Waals surface area contributed by atoms with Gasteiger partial charge in [-0.2, -0.15) is 0 Å². The van der Waals surface area contributed by atoms with Crippen LogP contribution >= 0.6 is 0 Å². The minimum Gasteiger partial charge on any atom is -0.344 e. The molecule has 1 unspecified atom stereocenters. The van der Waals surface area contributed by atoms with E-state index in [1.165, 1.54) is 5.69 Å². The summed E-state index contributed by atoms with van der Waals surface area (Å²) in [5, 5.41) is 3.52. The summed E-state index contributed by atoms with van der Waals surface area (Å²) in [7, 11) is 0. The Morgan fingerprint density at radius 2 is 2.17 bits per heavy atom. The van der Waals surface area contributed by atoms with E-state index in [9.17, 15) is 0 Å². The second kappa shape index (κ2) is 6.36. The summed E-state index contributed by atoms with van der Waals surface area (Å²) < 4.78 is 2.26. The van der Waals surface area contributed by atoms with Gasteiger partial charge in [-0.25, -0.2) is 0 Å². The molecule has 0 amide bonds. The molecule has 2 aromatic rings. The molecule has 0 aliphatic rings. The molecule has 18 heavy (non-hydrogen) atoms. The van der Waals surface area contributed by atoms with Gasteiger partial charge in [0, 0.05) is 24.1 Å². The number of pyridine rings is 1. The van der Waals surface area contributed by atoms with Crippen molar-refractivity contribution in [1.82, 2.24) is 14.9 Å². The average molecular weight is 243 g/mol. The number of nitrogens with one attached hydrogen (secondary N) is 1. The van der Waals surface area contributed by atoms with Gasteiger partial charge < -0.3 is 9.88 Å². The molecule has 1 N–H and O–H groups in total. The largest absolute Gasteiger partial charge is 0.344 e. The average Bonchev–Trinajstić information content (AvgIpc) is 2.85. The smallest absolute Gasteiger partial charge is 0.0645 e. The standard InChI is InChI=1S/C15H21N3/c1-3-9-16-13(2)15-8-6-11-18(15)12-14-7-4-5-10-17-14/h4-8,10-11,13,16H,3,9,12H2,1-2H3. The van der Waals surface area contributed by atoms with Crippen molar-refractivity contribution in [2.45, 2.75) is 32.9 Å². The summed E-state index contributed by atoms with van der Waals surface area (Å²) in [6, 6.07) is 10.7. The molecule has 96 valence electrons. The highest BCUT2D eigenvalue weighted by molar-refractivity contribution is 5.14. The summed E-state index contributed by atoms with van der Waals surface area (Å²) in [4.78, 5) is 4.37. The van der Waals surface area contributed by atoms with Crippen LogP contribution in [0.3, 0.4) is 0 Å². The van der Waals surface area contributed by atoms with E-state index in [0.717, 1.165) is 25.2 Å². The van der Waals surface area contributed by atoms with Gasteiger partial charge in [-0.3, -0.25) is 4.98 Å². The zero-order chi connectivity index (χ0) is 12.8. The third-order valence-electron chi connectivity index (χ3n) is 3.07. The predicted molar refractivity (Wildman–Crippen MR) is 74.5 cm³/mol. The summed E-state index contributed by atoms with van der Waals surface area (Å²) in [5.74, 6) is 0. The maximum atomic E-state index is 4.37. The highest BCUT2D eigenvalue weighted by atomic mass is 15.0. The molecule has 0 fully saturated rings. The fraction of sp³-hybridized carbons (Fsp3) is 0.400. The van der Waals surface area contributed by atoms with Crippen molar-refractivity contribution in [3.63, 3.8) is 0 Å². The van der Waals surface area contributed by atoms with E-state index in [1.807, 2.05) is 18.3 Å². The van der Waals surface area contributed by atoms with Crippen molar-refractivity contribution in [3.05, 3.63) is 54.1 Å². The molecule has 0 radical (unpaired) electrons. The molecule has 0 saturated carbocycles. The minimum atomic E-state index is 0.378. The monoisotopic (exact) mass is 243 g/mol. The van der Waals surface area contributed by atoms with Crippen LogP contribution in [0.1, 0.15) is 37.7 Å². The van der Waals surface area contributed by atoms with Gasteiger partial charge in [0.25, 0.3) is 0 Å². The van der Waals surface area contributed by atoms with E-state index in [1.54, 1.807) is 0 Å². The molecular formula is C15H21N3. The van der Waals surface area contributed by atoms with Crippen molar-refractivity contribution < 1.29 is 0 Å². The van der Waals surface area contributed by atoms with Gasteiger partial charge in [0.15, 0.2) is 0 Å². The van der Waals surface area contributed by atoms with Crippen molar-refractivity contribution in [1.29, 1.82) is 0 Å². The molecule has 0 aromatic carbocycles. The normalized spacial score (nSPS) is 12.6. The van der Waals surface area contributed by atoms with E-state index in [4.69, 9.17) is 0 Å². The van der Waals surface area contributed by atoms with Crippen LogP contribution in [0.5, 0.6) is 0 Å². The third kappa shape index (κ3) is 3.20. The van der Waals surface area contributed by atoms with Gasteiger partial charge in [-0.15, -0.1) is 0 Å². The molecular weight excluding hydrogens is 222 g/mol. The minimum absolute atomic E-state index is 0.378. The van der Waals surface area contributed by atoms with Crippen molar-refractivity contribution >= 4 is 0 Å². The SMILES string of the molecule is CCCNC(C)c1cccn1Cc1ccccn1. The Bertz CT molecular complexity index is 462. The Morgan fingerprint density at radius 3 is 2.89 bits per heavy atom. The number of hydrogen-bond acceptors (Lipinski definition) is 2. The first kappa shape index (κ1) is 12.8. The third-order valence-corrected chi connectivity index (χ3v) is 3.07. The predicted octanol–water partition coefficient (Wildman–Crippen LogP) is 2.99. The van der Waals surface area contributed by atoms with Crippen LogP contribution in [0.4, 0.5) is 0 Å². The zero-order valence-electron chi connectivity index (χ0n) is 11.1. The topological polar surface area (TPSA) is 29.9 Å². The Morgan fingerprint density at radius 1 is 1.28 bits per heavy atom. The van der Waals surface area contributed by atoms with E-state index < -0.39 is 0 Å². The van der Waals surface area contributed by atoms with Crippen LogP contribution in [0.2, 0.25) is 0 Å². The lowest BCUT2D eigenvalue weighted by molar-refractivity contribution is 0.533. The Labute approximate surface area is 109 Å². The first-order valence-electron chi connectivity index (χ1n) is 6.59. The van der Waals surface area contributed by atoms with Crippen molar-refractivity contribution in [2.75, 3.05) is 6.54 Å². The van der Waals surface area contributed by atoms with Gasteiger partial charge in [0.2, 0.25) is 0 Å². The first-order valence-corrected chi connectivity index (χ1v) is 6.59. The maximum Gasteiger partial charge on any atom is 0.0645 e. The van der Waals surface area contributed by atoms with Crippen LogP contribution in [-0.4, -0.2) is 16.1 Å². The number of nitrogens with zero attached hydrogens (tertiary/aromatic N) is 2. The Hall–Kier alpha value is -1.61. The highest BCUT2D eigenvalue weighted by Crippen LogP contribution is 2.14. The summed E-state index contributed by atoms with van der Waals surface area (Å²) in [6.45, 7) is 6.28. The van der Waals surface area contributed by atoms with Gasteiger partial charge in [0.05, 0.1) is 12.2 Å². The molecule has 3 nitrogen and oxygen atoms in total. The van der Waals surface area contributed by atoms with E-state index in [0.29, 0.717) is 6.04 Å². The van der Waals surface area contributed by atoms with Gasteiger partial charge in [0.1, 0.15) is 0 Å². The second-order valence-corrected chi connectivity index (χ2v) is 4.56. The number of aromatic nitrogens is 2. The van der Waals surface area contributed by atoms with Crippen LogP contribution < -0.4 is 5.32 Å². The molecule has 1 atom stereocenters. The Kier molecular flexibility index (Phi) is 4.53. The van der Waals surface area contributed by atoms with Gasteiger partial charge >= 0.3 is 0 Å². The van der Waals surface area contributed by atoms with Crippen molar-refractivity contribution in [3.8, 4) is 0 Å². The second-order valence-electron chi connectivity index (χ2n) is 4.56. The van der Waals surface area contributed by atoms with Gasteiger partial charge in [-0.1, -0.05) is 13.0 Å². The molecule has 0 aliphatic heterocycles. The fourth-order valence-electron chi connectivity index (χ4n) is 2.10.